The summed E-state index contributed by atoms with van der Waals surface area (Å²) in [7, 11) is 0. The number of anilines is 2. The number of aryl methyl sites for hydroxylation is 2. The second-order valence-corrected chi connectivity index (χ2v) is 13.1. The third-order valence-corrected chi connectivity index (χ3v) is 10.3. The van der Waals surface area contributed by atoms with Crippen molar-refractivity contribution in [3.8, 4) is 10.6 Å². The van der Waals surface area contributed by atoms with E-state index in [1.165, 1.54) is 24.2 Å². The van der Waals surface area contributed by atoms with Gasteiger partial charge in [-0.3, -0.25) is 9.78 Å². The summed E-state index contributed by atoms with van der Waals surface area (Å²) in [5.74, 6) is 0.616. The number of aliphatic hydroxyl groups excluding tert-OH is 1. The second-order valence-electron chi connectivity index (χ2n) is 12.1. The number of rotatable bonds is 9. The van der Waals surface area contributed by atoms with Crippen molar-refractivity contribution in [3.05, 3.63) is 23.7 Å². The molecule has 12 heteroatoms. The standard InChI is InChI=1S/C28H35N7O4S/c1-12(16-6-7-16)31-26-32-13(2)20(24-34-21-14(3)29-9-8-18(21)40-24)23(35-26)33-17-10-19-27(38,22(17)36)28(19,39)25(37)30-11-15-4-5-15/h8-9,12,15-17,19,22,36,38-39H,4-7,10-11H2,1-3H3,(H,30,37)(H2,31,32,33,35)/t12-,17-,19+,22+,27-,28?/m1/s1. The average Bonchev–Trinajstić information content (AvgIpc) is 3.86. The van der Waals surface area contributed by atoms with Crippen molar-refractivity contribution in [3.63, 3.8) is 0 Å². The minimum atomic E-state index is -1.99. The lowest BCUT2D eigenvalue weighted by Gasteiger charge is -2.28. The van der Waals surface area contributed by atoms with E-state index in [0.717, 1.165) is 39.5 Å². The molecule has 4 aliphatic rings. The molecule has 0 spiro atoms. The first kappa shape index (κ1) is 26.0. The first-order valence-electron chi connectivity index (χ1n) is 14.2. The van der Waals surface area contributed by atoms with Crippen LogP contribution < -0.4 is 16.0 Å². The predicted molar refractivity (Wildman–Crippen MR) is 151 cm³/mol. The van der Waals surface area contributed by atoms with Crippen molar-refractivity contribution in [2.75, 3.05) is 17.2 Å². The van der Waals surface area contributed by atoms with Crippen molar-refractivity contribution in [2.45, 2.75) is 82.3 Å². The van der Waals surface area contributed by atoms with Crippen LogP contribution in [0.25, 0.3) is 20.8 Å². The van der Waals surface area contributed by atoms with E-state index in [4.69, 9.17) is 15.0 Å². The zero-order valence-electron chi connectivity index (χ0n) is 22.8. The molecule has 6 N–H and O–H groups in total. The number of fused-ring (bicyclic) bond motifs is 2. The lowest BCUT2D eigenvalue weighted by atomic mass is 9.99. The number of nitrogens with one attached hydrogen (secondary N) is 3. The minimum Gasteiger partial charge on any atom is -0.388 e. The number of aromatic nitrogens is 4. The van der Waals surface area contributed by atoms with Gasteiger partial charge in [-0.25, -0.2) is 9.97 Å². The molecular weight excluding hydrogens is 530 g/mol. The number of hydrogen-bond donors (Lipinski definition) is 6. The highest BCUT2D eigenvalue weighted by molar-refractivity contribution is 7.21. The van der Waals surface area contributed by atoms with Crippen LogP contribution in [0, 0.1) is 31.6 Å². The summed E-state index contributed by atoms with van der Waals surface area (Å²) in [5.41, 5.74) is -0.829. The van der Waals surface area contributed by atoms with Gasteiger partial charge in [0, 0.05) is 24.7 Å². The molecule has 11 nitrogen and oxygen atoms in total. The molecule has 0 radical (unpaired) electrons. The summed E-state index contributed by atoms with van der Waals surface area (Å²) in [5, 5.41) is 43.9. The van der Waals surface area contributed by atoms with Crippen LogP contribution in [0.2, 0.25) is 0 Å². The number of aliphatic hydroxyl groups is 3. The van der Waals surface area contributed by atoms with Crippen LogP contribution in [0.4, 0.5) is 11.8 Å². The highest BCUT2D eigenvalue weighted by Gasteiger charge is 2.87. The fraction of sp³-hybridized carbons (Fsp3) is 0.607. The molecule has 7 rings (SSSR count). The van der Waals surface area contributed by atoms with Crippen molar-refractivity contribution in [1.29, 1.82) is 0 Å². The molecule has 0 bridgehead atoms. The Hall–Kier alpha value is -2.93. The van der Waals surface area contributed by atoms with E-state index in [9.17, 15) is 20.1 Å². The van der Waals surface area contributed by atoms with Gasteiger partial charge in [-0.2, -0.15) is 4.98 Å². The maximum atomic E-state index is 12.8. The van der Waals surface area contributed by atoms with Crippen LogP contribution >= 0.6 is 11.3 Å². The Morgan fingerprint density at radius 2 is 1.93 bits per heavy atom. The zero-order chi connectivity index (χ0) is 28.0. The summed E-state index contributed by atoms with van der Waals surface area (Å²) in [6, 6.07) is 1.52. The van der Waals surface area contributed by atoms with Crippen molar-refractivity contribution in [2.24, 2.45) is 17.8 Å². The Morgan fingerprint density at radius 1 is 1.15 bits per heavy atom. The largest absolute Gasteiger partial charge is 0.388 e. The van der Waals surface area contributed by atoms with Gasteiger partial charge in [0.15, 0.2) is 5.60 Å². The number of thiazole rings is 1. The SMILES string of the molecule is Cc1nc(N[C@H](C)C2CC2)nc(N[C@@H]2C[C@@H]3C(O)(C(=O)NCC4CC4)[C@]3(O)[C@H]2O)c1-c1nc2c(C)nccc2s1. The van der Waals surface area contributed by atoms with Crippen LogP contribution in [-0.4, -0.2) is 77.1 Å². The highest BCUT2D eigenvalue weighted by Crippen LogP contribution is 2.64. The van der Waals surface area contributed by atoms with E-state index in [-0.39, 0.29) is 12.5 Å². The number of carbonyl (C=O) groups excluding carboxylic acids is 1. The molecule has 0 saturated heterocycles. The maximum absolute atomic E-state index is 12.8. The molecule has 3 heterocycles. The molecule has 1 amide bonds. The summed E-state index contributed by atoms with van der Waals surface area (Å²) in [6.45, 7) is 6.44. The highest BCUT2D eigenvalue weighted by atomic mass is 32.1. The number of nitrogens with zero attached hydrogens (tertiary/aromatic N) is 4. The number of pyridine rings is 1. The molecule has 0 aliphatic heterocycles. The van der Waals surface area contributed by atoms with Gasteiger partial charge in [0.25, 0.3) is 5.91 Å². The lowest BCUT2D eigenvalue weighted by Crippen LogP contribution is -2.52. The molecule has 0 aromatic carbocycles. The van der Waals surface area contributed by atoms with Crippen LogP contribution in [0.5, 0.6) is 0 Å². The molecular formula is C28H35N7O4S. The van der Waals surface area contributed by atoms with Crippen LogP contribution in [0.1, 0.15) is 50.4 Å². The normalized spacial score (nSPS) is 31.6. The first-order chi connectivity index (χ1) is 19.1. The van der Waals surface area contributed by atoms with Crippen LogP contribution in [-0.2, 0) is 4.79 Å². The Labute approximate surface area is 235 Å². The van der Waals surface area contributed by atoms with E-state index in [1.54, 1.807) is 6.20 Å². The van der Waals surface area contributed by atoms with Crippen molar-refractivity contribution in [1.82, 2.24) is 25.3 Å². The topological polar surface area (TPSA) is 165 Å². The third-order valence-electron chi connectivity index (χ3n) is 9.28. The Balaban J connectivity index is 1.19. The molecule has 4 saturated carbocycles. The average molecular weight is 566 g/mol. The van der Waals surface area contributed by atoms with E-state index < -0.39 is 35.2 Å². The van der Waals surface area contributed by atoms with Gasteiger partial charge < -0.3 is 31.3 Å². The van der Waals surface area contributed by atoms with Gasteiger partial charge in [-0.05, 0) is 70.8 Å². The molecule has 4 aliphatic carbocycles. The van der Waals surface area contributed by atoms with Gasteiger partial charge in [-0.15, -0.1) is 11.3 Å². The fourth-order valence-electron chi connectivity index (χ4n) is 6.37. The quantitative estimate of drug-likeness (QED) is 0.226. The van der Waals surface area contributed by atoms with E-state index in [1.807, 2.05) is 19.9 Å². The molecule has 1 unspecified atom stereocenters. The monoisotopic (exact) mass is 565 g/mol. The zero-order valence-corrected chi connectivity index (χ0v) is 23.6. The molecule has 3 aromatic rings. The molecule has 212 valence electrons. The Bertz CT molecular complexity index is 1510. The second kappa shape index (κ2) is 9.04. The van der Waals surface area contributed by atoms with Gasteiger partial charge in [0.2, 0.25) is 5.95 Å². The molecule has 6 atom stereocenters. The summed E-state index contributed by atoms with van der Waals surface area (Å²) in [4.78, 5) is 31.6. The molecule has 4 fully saturated rings. The minimum absolute atomic E-state index is 0.206. The Morgan fingerprint density at radius 3 is 2.58 bits per heavy atom. The van der Waals surface area contributed by atoms with Gasteiger partial charge in [0.1, 0.15) is 28.0 Å². The van der Waals surface area contributed by atoms with Crippen molar-refractivity contribution < 1.29 is 20.1 Å². The lowest BCUT2D eigenvalue weighted by molar-refractivity contribution is -0.142. The van der Waals surface area contributed by atoms with E-state index >= 15 is 0 Å². The maximum Gasteiger partial charge on any atom is 0.255 e. The number of hydrogen-bond acceptors (Lipinski definition) is 11. The molecule has 3 aromatic heterocycles. The number of amides is 1. The first-order valence-corrected chi connectivity index (χ1v) is 15.0. The van der Waals surface area contributed by atoms with Gasteiger partial charge in [-0.1, -0.05) is 0 Å². The smallest absolute Gasteiger partial charge is 0.255 e. The van der Waals surface area contributed by atoms with Crippen LogP contribution in [0.15, 0.2) is 12.3 Å². The summed E-state index contributed by atoms with van der Waals surface area (Å²) in [6.07, 6.45) is 5.07. The third kappa shape index (κ3) is 3.99. The van der Waals surface area contributed by atoms with Crippen molar-refractivity contribution >= 4 is 39.2 Å². The van der Waals surface area contributed by atoms with E-state index in [0.29, 0.717) is 35.7 Å². The Kier molecular flexibility index (Phi) is 5.87. The van der Waals surface area contributed by atoms with Gasteiger partial charge in [0.05, 0.1) is 27.7 Å². The predicted octanol–water partition coefficient (Wildman–Crippen LogP) is 2.14. The summed E-state index contributed by atoms with van der Waals surface area (Å²) < 4.78 is 0.996. The summed E-state index contributed by atoms with van der Waals surface area (Å²) >= 11 is 1.51. The fourth-order valence-corrected chi connectivity index (χ4v) is 7.48. The van der Waals surface area contributed by atoms with Gasteiger partial charge >= 0.3 is 0 Å². The number of carbonyl (C=O) groups is 1. The van der Waals surface area contributed by atoms with Crippen LogP contribution in [0.3, 0.4) is 0 Å². The van der Waals surface area contributed by atoms with E-state index in [2.05, 4.69) is 27.9 Å². The molecule has 40 heavy (non-hydrogen) atoms.